The van der Waals surface area contributed by atoms with E-state index in [2.05, 4.69) is 58.9 Å². The van der Waals surface area contributed by atoms with E-state index in [1.165, 1.54) is 11.1 Å². The van der Waals surface area contributed by atoms with Crippen LogP contribution in [0.2, 0.25) is 0 Å². The maximum atomic E-state index is 14.3. The highest BCUT2D eigenvalue weighted by Crippen LogP contribution is 2.36. The Bertz CT molecular complexity index is 1490. The normalized spacial score (nSPS) is 19.8. The summed E-state index contributed by atoms with van der Waals surface area (Å²) in [6.07, 6.45) is 4.86. The van der Waals surface area contributed by atoms with E-state index in [1.807, 2.05) is 12.1 Å². The first-order valence-corrected chi connectivity index (χ1v) is 15.3. The molecular weight excluding hydrogens is 551 g/mol. The Morgan fingerprint density at radius 3 is 2.35 bits per heavy atom. The Hall–Kier alpha value is -3.62. The lowest BCUT2D eigenvalue weighted by molar-refractivity contribution is -0.128. The Kier molecular flexibility index (Phi) is 8.86. The van der Waals surface area contributed by atoms with Gasteiger partial charge in [0.15, 0.2) is 17.4 Å². The molecule has 226 valence electrons. The van der Waals surface area contributed by atoms with Crippen LogP contribution in [0.1, 0.15) is 47.9 Å². The summed E-state index contributed by atoms with van der Waals surface area (Å²) in [5.74, 6) is -3.89. The van der Waals surface area contributed by atoms with Gasteiger partial charge in [0.05, 0.1) is 12.6 Å². The van der Waals surface area contributed by atoms with Crippen LogP contribution in [-0.4, -0.2) is 55.2 Å². The fourth-order valence-electron chi connectivity index (χ4n) is 6.20. The van der Waals surface area contributed by atoms with Crippen LogP contribution in [-0.2, 0) is 17.6 Å². The van der Waals surface area contributed by atoms with Gasteiger partial charge in [-0.3, -0.25) is 4.79 Å². The summed E-state index contributed by atoms with van der Waals surface area (Å²) in [5.41, 5.74) is 6.57. The van der Waals surface area contributed by atoms with Gasteiger partial charge >= 0.3 is 0 Å². The zero-order valence-corrected chi connectivity index (χ0v) is 24.5. The first-order valence-electron chi connectivity index (χ1n) is 15.3. The van der Waals surface area contributed by atoms with Gasteiger partial charge in [0.2, 0.25) is 5.82 Å². The van der Waals surface area contributed by atoms with Crippen LogP contribution in [0.25, 0.3) is 5.57 Å². The number of fused-ring (bicyclic) bond motifs is 2. The van der Waals surface area contributed by atoms with Crippen molar-refractivity contribution < 1.29 is 22.7 Å². The monoisotopic (exact) mass is 589 g/mol. The number of rotatable bonds is 11. The molecule has 6 rings (SSSR count). The van der Waals surface area contributed by atoms with Crippen LogP contribution in [0, 0.1) is 24.4 Å². The molecule has 2 heterocycles. The maximum absolute atomic E-state index is 14.3. The number of piperazine rings is 1. The first kappa shape index (κ1) is 29.5. The molecule has 2 aliphatic heterocycles. The number of benzene rings is 3. The molecule has 3 aromatic carbocycles. The van der Waals surface area contributed by atoms with E-state index >= 15 is 0 Å². The molecule has 5 nitrogen and oxygen atoms in total. The predicted octanol–water partition coefficient (Wildman–Crippen LogP) is 5.74. The van der Waals surface area contributed by atoms with E-state index < -0.39 is 23.2 Å². The number of amides is 1. The lowest BCUT2D eigenvalue weighted by Crippen LogP contribution is -2.60. The van der Waals surface area contributed by atoms with Gasteiger partial charge in [0.1, 0.15) is 0 Å². The topological polar surface area (TPSA) is 53.6 Å². The zero-order chi connectivity index (χ0) is 29.9. The third kappa shape index (κ3) is 6.81. The van der Waals surface area contributed by atoms with Gasteiger partial charge in [0, 0.05) is 37.3 Å². The lowest BCUT2D eigenvalue weighted by atomic mass is 9.83. The molecule has 0 spiro atoms. The fourth-order valence-corrected chi connectivity index (χ4v) is 6.20. The third-order valence-corrected chi connectivity index (χ3v) is 8.70. The van der Waals surface area contributed by atoms with Crippen molar-refractivity contribution in [1.82, 2.24) is 15.5 Å². The number of nitrogens with zero attached hydrogens (tertiary/aromatic N) is 1. The number of aryl methyl sites for hydroxylation is 2. The van der Waals surface area contributed by atoms with Crippen LogP contribution >= 0.6 is 0 Å². The number of ether oxygens (including phenoxy) is 1. The summed E-state index contributed by atoms with van der Waals surface area (Å²) in [5, 5.41) is 7.19. The van der Waals surface area contributed by atoms with Crippen molar-refractivity contribution in [2.24, 2.45) is 0 Å². The van der Waals surface area contributed by atoms with E-state index in [0.717, 1.165) is 73.2 Å². The van der Waals surface area contributed by atoms with Gasteiger partial charge in [-0.1, -0.05) is 54.1 Å². The highest BCUT2D eigenvalue weighted by molar-refractivity contribution is 6.03. The molecule has 2 fully saturated rings. The van der Waals surface area contributed by atoms with Crippen molar-refractivity contribution in [3.8, 4) is 5.75 Å². The minimum Gasteiger partial charge on any atom is -0.488 e. The molecule has 1 saturated carbocycles. The quantitative estimate of drug-likeness (QED) is 0.221. The molecule has 8 heteroatoms. The number of hydrogen-bond donors (Lipinski definition) is 2. The molecule has 2 atom stereocenters. The van der Waals surface area contributed by atoms with Crippen molar-refractivity contribution in [1.29, 1.82) is 0 Å². The van der Waals surface area contributed by atoms with Crippen LogP contribution in [0.3, 0.4) is 0 Å². The summed E-state index contributed by atoms with van der Waals surface area (Å²) in [6, 6.07) is 18.9. The number of carbonyl (C=O) groups excluding carboxylic acids is 1. The van der Waals surface area contributed by atoms with Gasteiger partial charge < -0.3 is 20.3 Å². The molecule has 0 aromatic heterocycles. The van der Waals surface area contributed by atoms with Gasteiger partial charge in [-0.05, 0) is 79.8 Å². The standard InChI is InChI=1S/C35H38F3N3O2/c1-22-4-6-24(7-5-22)16-17-41(27-12-13-27)35(42)32-28(19-26-20-39-21-31(32)40-26)25-10-8-23(9-11-25)3-2-18-43-34-30(37)15-14-29(36)33(34)38/h4-11,14-15,26-27,31,39-40H,2-3,12-13,16-21H2,1H3/t26?,31-/m1/s1. The SMILES string of the molecule is Cc1ccc(CCN(C(=O)C2=C(c3ccc(CCCOc4c(F)ccc(F)c4F)cc3)CC3CNC[C@H]2N3)C2CC2)cc1. The summed E-state index contributed by atoms with van der Waals surface area (Å²) in [7, 11) is 0. The molecule has 1 aliphatic carbocycles. The Balaban J connectivity index is 1.16. The summed E-state index contributed by atoms with van der Waals surface area (Å²) >= 11 is 0. The molecule has 43 heavy (non-hydrogen) atoms. The molecule has 2 N–H and O–H groups in total. The zero-order valence-electron chi connectivity index (χ0n) is 24.5. The smallest absolute Gasteiger partial charge is 0.251 e. The van der Waals surface area contributed by atoms with Gasteiger partial charge in [-0.15, -0.1) is 0 Å². The number of nitrogens with one attached hydrogen (secondary N) is 2. The maximum Gasteiger partial charge on any atom is 0.251 e. The highest BCUT2D eigenvalue weighted by atomic mass is 19.2. The Morgan fingerprint density at radius 1 is 0.907 bits per heavy atom. The summed E-state index contributed by atoms with van der Waals surface area (Å²) in [6.45, 7) is 4.44. The van der Waals surface area contributed by atoms with Crippen molar-refractivity contribution in [3.05, 3.63) is 106 Å². The molecule has 1 amide bonds. The molecular formula is C35H38F3N3O2. The van der Waals surface area contributed by atoms with Crippen molar-refractivity contribution >= 4 is 11.5 Å². The van der Waals surface area contributed by atoms with Crippen LogP contribution in [0.15, 0.2) is 66.2 Å². The van der Waals surface area contributed by atoms with Crippen molar-refractivity contribution in [3.63, 3.8) is 0 Å². The second-order valence-electron chi connectivity index (χ2n) is 12.0. The number of halogens is 3. The molecule has 1 unspecified atom stereocenters. The minimum atomic E-state index is -1.31. The largest absolute Gasteiger partial charge is 0.488 e. The van der Waals surface area contributed by atoms with Crippen LogP contribution in [0.5, 0.6) is 5.75 Å². The lowest BCUT2D eigenvalue weighted by Gasteiger charge is -2.41. The van der Waals surface area contributed by atoms with Gasteiger partial charge in [0.25, 0.3) is 5.91 Å². The van der Waals surface area contributed by atoms with E-state index in [-0.39, 0.29) is 24.6 Å². The number of hydrogen-bond acceptors (Lipinski definition) is 4. The average molecular weight is 590 g/mol. The van der Waals surface area contributed by atoms with E-state index in [1.54, 1.807) is 0 Å². The van der Waals surface area contributed by atoms with Crippen LogP contribution in [0.4, 0.5) is 13.2 Å². The summed E-state index contributed by atoms with van der Waals surface area (Å²) in [4.78, 5) is 16.4. The molecule has 1 saturated heterocycles. The van der Waals surface area contributed by atoms with E-state index in [0.29, 0.717) is 25.4 Å². The van der Waals surface area contributed by atoms with Crippen molar-refractivity contribution in [2.45, 2.75) is 63.6 Å². The number of carbonyl (C=O) groups is 1. The van der Waals surface area contributed by atoms with E-state index in [9.17, 15) is 18.0 Å². The summed E-state index contributed by atoms with van der Waals surface area (Å²) < 4.78 is 46.3. The van der Waals surface area contributed by atoms with Gasteiger partial charge in [-0.2, -0.15) is 4.39 Å². The van der Waals surface area contributed by atoms with E-state index in [4.69, 9.17) is 4.74 Å². The Labute approximate surface area is 251 Å². The third-order valence-electron chi connectivity index (χ3n) is 8.70. The molecule has 2 bridgehead atoms. The Morgan fingerprint density at radius 2 is 1.60 bits per heavy atom. The molecule has 0 radical (unpaired) electrons. The molecule has 3 aliphatic rings. The molecule has 3 aromatic rings. The minimum absolute atomic E-state index is 0.0314. The average Bonchev–Trinajstić information content (AvgIpc) is 3.85. The second-order valence-corrected chi connectivity index (χ2v) is 12.0. The second kappa shape index (κ2) is 12.9. The van der Waals surface area contributed by atoms with Crippen molar-refractivity contribution in [2.75, 3.05) is 26.2 Å². The highest BCUT2D eigenvalue weighted by Gasteiger charge is 2.40. The predicted molar refractivity (Wildman–Crippen MR) is 161 cm³/mol. The first-order chi connectivity index (χ1) is 20.9. The fraction of sp³-hybridized carbons (Fsp3) is 0.400. The van der Waals surface area contributed by atoms with Gasteiger partial charge in [-0.25, -0.2) is 8.78 Å². The van der Waals surface area contributed by atoms with Crippen LogP contribution < -0.4 is 15.4 Å².